The fourth-order valence-electron chi connectivity index (χ4n) is 1.79. The first kappa shape index (κ1) is 14.1. The molecule has 0 saturated carbocycles. The first-order valence-corrected chi connectivity index (χ1v) is 6.61. The van der Waals surface area contributed by atoms with E-state index in [9.17, 15) is 4.79 Å². The number of hydrogen-bond acceptors (Lipinski definition) is 3. The molecule has 20 heavy (non-hydrogen) atoms. The lowest BCUT2D eigenvalue weighted by atomic mass is 10.2. The molecule has 0 aliphatic heterocycles. The largest absolute Gasteiger partial charge is 0.484 e. The molecule has 1 aromatic carbocycles. The van der Waals surface area contributed by atoms with Crippen molar-refractivity contribution in [2.45, 2.75) is 20.3 Å². The molecule has 0 aliphatic carbocycles. The first-order chi connectivity index (χ1) is 9.67. The van der Waals surface area contributed by atoms with E-state index in [-0.39, 0.29) is 12.5 Å². The van der Waals surface area contributed by atoms with Crippen LogP contribution in [0.1, 0.15) is 18.2 Å². The van der Waals surface area contributed by atoms with Crippen molar-refractivity contribution in [1.82, 2.24) is 4.98 Å². The van der Waals surface area contributed by atoms with E-state index < -0.39 is 0 Å². The monoisotopic (exact) mass is 270 g/mol. The molecule has 104 valence electrons. The van der Waals surface area contributed by atoms with Gasteiger partial charge in [0.05, 0.1) is 0 Å². The summed E-state index contributed by atoms with van der Waals surface area (Å²) < 4.78 is 5.44. The van der Waals surface area contributed by atoms with Crippen molar-refractivity contribution in [2.24, 2.45) is 0 Å². The maximum absolute atomic E-state index is 11.8. The van der Waals surface area contributed by atoms with Gasteiger partial charge in [0.15, 0.2) is 6.61 Å². The Morgan fingerprint density at radius 2 is 2.00 bits per heavy atom. The van der Waals surface area contributed by atoms with Gasteiger partial charge in [-0.25, -0.2) is 0 Å². The van der Waals surface area contributed by atoms with Crippen LogP contribution in [0.2, 0.25) is 0 Å². The maximum Gasteiger partial charge on any atom is 0.262 e. The minimum Gasteiger partial charge on any atom is -0.484 e. The van der Waals surface area contributed by atoms with E-state index in [2.05, 4.69) is 17.2 Å². The van der Waals surface area contributed by atoms with E-state index in [0.717, 1.165) is 17.8 Å². The molecule has 0 atom stereocenters. The van der Waals surface area contributed by atoms with Crippen LogP contribution in [0.15, 0.2) is 42.6 Å². The number of aromatic nitrogens is 1. The molecule has 1 heterocycles. The Balaban J connectivity index is 1.85. The SMILES string of the molecule is CCc1ccc(OCC(=O)Nc2ccnc(C)c2)cc1. The van der Waals surface area contributed by atoms with Crippen LogP contribution in [-0.2, 0) is 11.2 Å². The average Bonchev–Trinajstić information content (AvgIpc) is 2.46. The minimum absolute atomic E-state index is 0.00710. The number of ether oxygens (including phenoxy) is 1. The van der Waals surface area contributed by atoms with Crippen molar-refractivity contribution >= 4 is 11.6 Å². The third kappa shape index (κ3) is 4.09. The molecule has 4 nitrogen and oxygen atoms in total. The number of aryl methyl sites for hydroxylation is 2. The van der Waals surface area contributed by atoms with Crippen LogP contribution >= 0.6 is 0 Å². The summed E-state index contributed by atoms with van der Waals surface area (Å²) in [5.41, 5.74) is 2.83. The van der Waals surface area contributed by atoms with Crippen LogP contribution in [0.3, 0.4) is 0 Å². The second-order valence-electron chi connectivity index (χ2n) is 4.52. The summed E-state index contributed by atoms with van der Waals surface area (Å²) in [5.74, 6) is 0.512. The molecule has 1 amide bonds. The summed E-state index contributed by atoms with van der Waals surface area (Å²) in [5, 5.41) is 2.77. The zero-order valence-corrected chi connectivity index (χ0v) is 11.7. The number of nitrogens with one attached hydrogen (secondary N) is 1. The molecule has 1 N–H and O–H groups in total. The van der Waals surface area contributed by atoms with Crippen LogP contribution in [0, 0.1) is 6.92 Å². The summed E-state index contributed by atoms with van der Waals surface area (Å²) in [6, 6.07) is 11.3. The topological polar surface area (TPSA) is 51.2 Å². The number of anilines is 1. The van der Waals surface area contributed by atoms with E-state index in [1.165, 1.54) is 5.56 Å². The van der Waals surface area contributed by atoms with Crippen LogP contribution in [0.4, 0.5) is 5.69 Å². The van der Waals surface area contributed by atoms with Gasteiger partial charge in [-0.15, -0.1) is 0 Å². The van der Waals surface area contributed by atoms with Gasteiger partial charge in [0.25, 0.3) is 5.91 Å². The van der Waals surface area contributed by atoms with Crippen molar-refractivity contribution in [3.8, 4) is 5.75 Å². The number of nitrogens with zero attached hydrogens (tertiary/aromatic N) is 1. The molecule has 0 fully saturated rings. The number of pyridine rings is 1. The highest BCUT2D eigenvalue weighted by molar-refractivity contribution is 5.91. The van der Waals surface area contributed by atoms with Gasteiger partial charge in [-0.05, 0) is 43.2 Å². The molecule has 2 aromatic rings. The van der Waals surface area contributed by atoms with Crippen LogP contribution in [0.25, 0.3) is 0 Å². The van der Waals surface area contributed by atoms with Crippen molar-refractivity contribution in [3.63, 3.8) is 0 Å². The molecular weight excluding hydrogens is 252 g/mol. The summed E-state index contributed by atoms with van der Waals surface area (Å²) in [4.78, 5) is 15.8. The van der Waals surface area contributed by atoms with Gasteiger partial charge in [0.1, 0.15) is 5.75 Å². The fraction of sp³-hybridized carbons (Fsp3) is 0.250. The number of rotatable bonds is 5. The summed E-state index contributed by atoms with van der Waals surface area (Å²) in [6.07, 6.45) is 2.65. The quantitative estimate of drug-likeness (QED) is 0.908. The van der Waals surface area contributed by atoms with Crippen LogP contribution in [-0.4, -0.2) is 17.5 Å². The Bertz CT molecular complexity index is 579. The highest BCUT2D eigenvalue weighted by Gasteiger charge is 2.04. The highest BCUT2D eigenvalue weighted by atomic mass is 16.5. The van der Waals surface area contributed by atoms with Crippen molar-refractivity contribution in [2.75, 3.05) is 11.9 Å². The first-order valence-electron chi connectivity index (χ1n) is 6.61. The number of carbonyl (C=O) groups is 1. The van der Waals surface area contributed by atoms with Gasteiger partial charge in [-0.1, -0.05) is 19.1 Å². The van der Waals surface area contributed by atoms with Gasteiger partial charge >= 0.3 is 0 Å². The number of hydrogen-bond donors (Lipinski definition) is 1. The Hall–Kier alpha value is -2.36. The van der Waals surface area contributed by atoms with Crippen molar-refractivity contribution in [1.29, 1.82) is 0 Å². The lowest BCUT2D eigenvalue weighted by molar-refractivity contribution is -0.118. The Labute approximate surface area is 118 Å². The molecular formula is C16H18N2O2. The highest BCUT2D eigenvalue weighted by Crippen LogP contribution is 2.13. The van der Waals surface area contributed by atoms with Crippen molar-refractivity contribution in [3.05, 3.63) is 53.9 Å². The maximum atomic E-state index is 11.8. The summed E-state index contributed by atoms with van der Waals surface area (Å²) in [7, 11) is 0. The second kappa shape index (κ2) is 6.70. The Morgan fingerprint density at radius 3 is 2.65 bits per heavy atom. The van der Waals surface area contributed by atoms with Gasteiger partial charge in [-0.2, -0.15) is 0 Å². The molecule has 0 aliphatic rings. The normalized spacial score (nSPS) is 10.1. The lowest BCUT2D eigenvalue weighted by Crippen LogP contribution is -2.20. The zero-order valence-electron chi connectivity index (χ0n) is 11.7. The van der Waals surface area contributed by atoms with Gasteiger partial charge in [0.2, 0.25) is 0 Å². The van der Waals surface area contributed by atoms with E-state index in [0.29, 0.717) is 5.75 Å². The predicted molar refractivity (Wildman–Crippen MR) is 78.9 cm³/mol. The number of benzene rings is 1. The van der Waals surface area contributed by atoms with Gasteiger partial charge < -0.3 is 10.1 Å². The molecule has 0 bridgehead atoms. The average molecular weight is 270 g/mol. The second-order valence-corrected chi connectivity index (χ2v) is 4.52. The van der Waals surface area contributed by atoms with E-state index in [1.807, 2.05) is 37.3 Å². The molecule has 0 saturated heterocycles. The van der Waals surface area contributed by atoms with Crippen molar-refractivity contribution < 1.29 is 9.53 Å². The minimum atomic E-state index is -0.185. The summed E-state index contributed by atoms with van der Waals surface area (Å²) in [6.45, 7) is 3.97. The third-order valence-corrected chi connectivity index (χ3v) is 2.88. The predicted octanol–water partition coefficient (Wildman–Crippen LogP) is 2.97. The molecule has 0 unspecified atom stereocenters. The summed E-state index contributed by atoms with van der Waals surface area (Å²) >= 11 is 0. The standard InChI is InChI=1S/C16H18N2O2/c1-3-13-4-6-15(7-5-13)20-11-16(19)18-14-8-9-17-12(2)10-14/h4-10H,3,11H2,1-2H3,(H,17,18,19). The number of amides is 1. The van der Waals surface area contributed by atoms with Crippen LogP contribution in [0.5, 0.6) is 5.75 Å². The third-order valence-electron chi connectivity index (χ3n) is 2.88. The lowest BCUT2D eigenvalue weighted by Gasteiger charge is -2.08. The van der Waals surface area contributed by atoms with Gasteiger partial charge in [0, 0.05) is 17.6 Å². The molecule has 1 aromatic heterocycles. The van der Waals surface area contributed by atoms with E-state index >= 15 is 0 Å². The van der Waals surface area contributed by atoms with E-state index in [4.69, 9.17) is 4.74 Å². The fourth-order valence-corrected chi connectivity index (χ4v) is 1.79. The molecule has 0 spiro atoms. The smallest absolute Gasteiger partial charge is 0.262 e. The molecule has 2 rings (SSSR count). The zero-order chi connectivity index (χ0) is 14.4. The molecule has 4 heteroatoms. The van der Waals surface area contributed by atoms with Crippen LogP contribution < -0.4 is 10.1 Å². The Kier molecular flexibility index (Phi) is 4.71. The Morgan fingerprint density at radius 1 is 1.25 bits per heavy atom. The van der Waals surface area contributed by atoms with E-state index in [1.54, 1.807) is 12.3 Å². The van der Waals surface area contributed by atoms with Gasteiger partial charge in [-0.3, -0.25) is 9.78 Å². The number of carbonyl (C=O) groups excluding carboxylic acids is 1. The molecule has 0 radical (unpaired) electrons.